The molecule has 0 aliphatic carbocycles. The monoisotopic (exact) mass is 446 g/mol. The number of ether oxygens (including phenoxy) is 1. The van der Waals surface area contributed by atoms with E-state index in [9.17, 15) is 13.2 Å². The van der Waals surface area contributed by atoms with Crippen molar-refractivity contribution >= 4 is 21.7 Å². The molecule has 0 unspecified atom stereocenters. The SMILES string of the molecule is CS(=O)(=O)OCc1cc(-c2ccc3c(c2)CCO3)nn(Cc2ccc(Cl)cc2)c1=O. The Kier molecular flexibility index (Phi) is 5.64. The maximum absolute atomic E-state index is 12.9. The molecule has 2 aromatic carbocycles. The molecule has 0 atom stereocenters. The van der Waals surface area contributed by atoms with Gasteiger partial charge in [-0.1, -0.05) is 23.7 Å². The van der Waals surface area contributed by atoms with Gasteiger partial charge in [0.15, 0.2) is 0 Å². The Balaban J connectivity index is 1.76. The molecule has 1 aromatic heterocycles. The fourth-order valence-electron chi connectivity index (χ4n) is 3.23. The second-order valence-electron chi connectivity index (χ2n) is 7.03. The van der Waals surface area contributed by atoms with Crippen LogP contribution in [0.2, 0.25) is 5.02 Å². The van der Waals surface area contributed by atoms with Crippen molar-refractivity contribution in [3.05, 3.63) is 80.6 Å². The van der Waals surface area contributed by atoms with Crippen molar-refractivity contribution in [1.82, 2.24) is 9.78 Å². The zero-order chi connectivity index (χ0) is 21.3. The third kappa shape index (κ3) is 4.72. The van der Waals surface area contributed by atoms with Gasteiger partial charge in [0.05, 0.1) is 31.7 Å². The molecule has 0 radical (unpaired) electrons. The fourth-order valence-corrected chi connectivity index (χ4v) is 3.69. The van der Waals surface area contributed by atoms with Gasteiger partial charge < -0.3 is 4.74 Å². The first kappa shape index (κ1) is 20.6. The van der Waals surface area contributed by atoms with Crippen molar-refractivity contribution in [1.29, 1.82) is 0 Å². The van der Waals surface area contributed by atoms with E-state index < -0.39 is 15.7 Å². The van der Waals surface area contributed by atoms with Crippen LogP contribution in [0, 0.1) is 0 Å². The number of fused-ring (bicyclic) bond motifs is 1. The van der Waals surface area contributed by atoms with Gasteiger partial charge in [0.2, 0.25) is 0 Å². The van der Waals surface area contributed by atoms with Crippen LogP contribution < -0.4 is 10.3 Å². The van der Waals surface area contributed by atoms with Crippen LogP contribution in [0.1, 0.15) is 16.7 Å². The minimum absolute atomic E-state index is 0.205. The maximum Gasteiger partial charge on any atom is 0.272 e. The van der Waals surface area contributed by atoms with Gasteiger partial charge in [0.1, 0.15) is 5.75 Å². The van der Waals surface area contributed by atoms with Gasteiger partial charge in [-0.05, 0) is 47.5 Å². The smallest absolute Gasteiger partial charge is 0.272 e. The predicted molar refractivity (Wildman–Crippen MR) is 113 cm³/mol. The summed E-state index contributed by atoms with van der Waals surface area (Å²) in [5.41, 5.74) is 3.05. The van der Waals surface area contributed by atoms with Crippen LogP contribution in [0.25, 0.3) is 11.3 Å². The number of benzene rings is 2. The molecular formula is C21H19ClN2O5S. The van der Waals surface area contributed by atoms with Crippen molar-refractivity contribution in [3.8, 4) is 17.0 Å². The van der Waals surface area contributed by atoms with Crippen LogP contribution in [-0.2, 0) is 33.9 Å². The highest BCUT2D eigenvalue weighted by molar-refractivity contribution is 7.85. The summed E-state index contributed by atoms with van der Waals surface area (Å²) in [4.78, 5) is 12.9. The van der Waals surface area contributed by atoms with Crippen molar-refractivity contribution in [2.24, 2.45) is 0 Å². The summed E-state index contributed by atoms with van der Waals surface area (Å²) in [6.07, 6.45) is 1.75. The largest absolute Gasteiger partial charge is 0.493 e. The van der Waals surface area contributed by atoms with Crippen LogP contribution in [-0.4, -0.2) is 31.1 Å². The molecule has 0 fully saturated rings. The first-order valence-corrected chi connectivity index (χ1v) is 11.4. The molecule has 4 rings (SSSR count). The van der Waals surface area contributed by atoms with Crippen LogP contribution in [0.4, 0.5) is 0 Å². The molecule has 30 heavy (non-hydrogen) atoms. The lowest BCUT2D eigenvalue weighted by atomic mass is 10.1. The number of halogens is 1. The molecule has 156 valence electrons. The van der Waals surface area contributed by atoms with E-state index in [-0.39, 0.29) is 18.7 Å². The van der Waals surface area contributed by atoms with E-state index in [1.165, 1.54) is 4.68 Å². The molecule has 0 amide bonds. The van der Waals surface area contributed by atoms with Crippen molar-refractivity contribution in [3.63, 3.8) is 0 Å². The molecule has 0 saturated heterocycles. The van der Waals surface area contributed by atoms with Gasteiger partial charge in [-0.3, -0.25) is 8.98 Å². The molecule has 7 nitrogen and oxygen atoms in total. The van der Waals surface area contributed by atoms with Gasteiger partial charge in [0, 0.05) is 22.6 Å². The predicted octanol–water partition coefficient (Wildman–Crippen LogP) is 3.02. The van der Waals surface area contributed by atoms with Crippen LogP contribution in [0.15, 0.2) is 53.3 Å². The molecule has 1 aliphatic heterocycles. The minimum atomic E-state index is -3.70. The second-order valence-corrected chi connectivity index (χ2v) is 9.11. The normalized spacial score (nSPS) is 13.1. The van der Waals surface area contributed by atoms with E-state index in [4.69, 9.17) is 20.5 Å². The highest BCUT2D eigenvalue weighted by atomic mass is 35.5. The Morgan fingerprint density at radius 1 is 1.17 bits per heavy atom. The topological polar surface area (TPSA) is 87.5 Å². The fraction of sp³-hybridized carbons (Fsp3) is 0.238. The van der Waals surface area contributed by atoms with E-state index in [1.807, 2.05) is 30.3 Å². The lowest BCUT2D eigenvalue weighted by Crippen LogP contribution is -2.28. The highest BCUT2D eigenvalue weighted by Gasteiger charge is 2.16. The van der Waals surface area contributed by atoms with Crippen molar-refractivity contribution in [2.75, 3.05) is 12.9 Å². The quantitative estimate of drug-likeness (QED) is 0.541. The average molecular weight is 447 g/mol. The molecule has 3 aromatic rings. The Hall–Kier alpha value is -2.68. The number of rotatable bonds is 6. The third-order valence-electron chi connectivity index (χ3n) is 4.71. The first-order chi connectivity index (χ1) is 14.3. The third-order valence-corrected chi connectivity index (χ3v) is 5.51. The van der Waals surface area contributed by atoms with E-state index in [1.54, 1.807) is 18.2 Å². The molecule has 2 heterocycles. The zero-order valence-electron chi connectivity index (χ0n) is 16.2. The minimum Gasteiger partial charge on any atom is -0.493 e. The molecule has 0 N–H and O–H groups in total. The molecule has 0 spiro atoms. The van der Waals surface area contributed by atoms with Gasteiger partial charge in [-0.15, -0.1) is 0 Å². The number of nitrogens with zero attached hydrogens (tertiary/aromatic N) is 2. The Morgan fingerprint density at radius 3 is 2.67 bits per heavy atom. The lowest BCUT2D eigenvalue weighted by Gasteiger charge is -2.12. The highest BCUT2D eigenvalue weighted by Crippen LogP contribution is 2.29. The summed E-state index contributed by atoms with van der Waals surface area (Å²) in [5, 5.41) is 5.11. The van der Waals surface area contributed by atoms with Gasteiger partial charge in [-0.25, -0.2) is 4.68 Å². The second kappa shape index (κ2) is 8.22. The molecule has 0 bridgehead atoms. The van der Waals surface area contributed by atoms with E-state index in [0.717, 1.165) is 35.1 Å². The van der Waals surface area contributed by atoms with E-state index >= 15 is 0 Å². The van der Waals surface area contributed by atoms with Gasteiger partial charge in [-0.2, -0.15) is 13.5 Å². The summed E-state index contributed by atoms with van der Waals surface area (Å²) >= 11 is 5.94. The summed E-state index contributed by atoms with van der Waals surface area (Å²) < 4.78 is 34.6. The van der Waals surface area contributed by atoms with Crippen LogP contribution >= 0.6 is 11.6 Å². The van der Waals surface area contributed by atoms with Gasteiger partial charge in [0.25, 0.3) is 15.7 Å². The maximum atomic E-state index is 12.9. The van der Waals surface area contributed by atoms with Crippen LogP contribution in [0.3, 0.4) is 0 Å². The number of hydrogen-bond donors (Lipinski definition) is 0. The summed E-state index contributed by atoms with van der Waals surface area (Å²) in [6.45, 7) is 0.487. The summed E-state index contributed by atoms with van der Waals surface area (Å²) in [6, 6.07) is 14.4. The number of aromatic nitrogens is 2. The van der Waals surface area contributed by atoms with Crippen LogP contribution in [0.5, 0.6) is 5.75 Å². The van der Waals surface area contributed by atoms with Crippen molar-refractivity contribution in [2.45, 2.75) is 19.6 Å². The van der Waals surface area contributed by atoms with Crippen molar-refractivity contribution < 1.29 is 17.3 Å². The first-order valence-electron chi connectivity index (χ1n) is 9.24. The Labute approximate surface area is 179 Å². The Morgan fingerprint density at radius 2 is 1.93 bits per heavy atom. The summed E-state index contributed by atoms with van der Waals surface area (Å²) in [5.74, 6) is 0.842. The zero-order valence-corrected chi connectivity index (χ0v) is 17.7. The average Bonchev–Trinajstić information content (AvgIpc) is 3.17. The molecular weight excluding hydrogens is 428 g/mol. The van der Waals surface area contributed by atoms with Gasteiger partial charge >= 0.3 is 0 Å². The molecule has 1 aliphatic rings. The summed E-state index contributed by atoms with van der Waals surface area (Å²) in [7, 11) is -3.70. The number of hydrogen-bond acceptors (Lipinski definition) is 6. The molecule has 0 saturated carbocycles. The lowest BCUT2D eigenvalue weighted by molar-refractivity contribution is 0.308. The Bertz CT molecular complexity index is 1250. The molecule has 9 heteroatoms. The standard InChI is InChI=1S/C21H19ClN2O5S/c1-30(26,27)29-13-17-11-19(15-4-7-20-16(10-15)8-9-28-20)23-24(21(17)25)12-14-2-5-18(22)6-3-14/h2-7,10-11H,8-9,12-13H2,1H3. The van der Waals surface area contributed by atoms with E-state index in [0.29, 0.717) is 17.3 Å². The van der Waals surface area contributed by atoms with E-state index in [2.05, 4.69) is 5.10 Å².